The smallest absolute Gasteiger partial charge is 0.0342 e. The largest absolute Gasteiger partial charge is 0.314 e. The maximum Gasteiger partial charge on any atom is 0.0342 e. The quantitative estimate of drug-likeness (QED) is 0.791. The average molecular weight is 190 g/mol. The van der Waals surface area contributed by atoms with Crippen LogP contribution in [0.3, 0.4) is 0 Å². The average Bonchev–Trinajstić information content (AvgIpc) is 2.20. The van der Waals surface area contributed by atoms with Gasteiger partial charge in [0, 0.05) is 18.4 Å². The number of rotatable bonds is 3. The molecule has 1 aromatic rings. The van der Waals surface area contributed by atoms with E-state index in [0.29, 0.717) is 6.04 Å². The summed E-state index contributed by atoms with van der Waals surface area (Å²) in [6.45, 7) is 6.38. The standard InChI is InChI=1S/C12H18N2/c1-9-5-6-14-8-12(9)7-10(2)11(3)13-4/h5-8,11,13H,1-4H3/b10-7+. The van der Waals surface area contributed by atoms with Crippen LogP contribution in [0, 0.1) is 6.92 Å². The van der Waals surface area contributed by atoms with Crippen molar-refractivity contribution in [1.29, 1.82) is 0 Å². The highest BCUT2D eigenvalue weighted by molar-refractivity contribution is 5.55. The third kappa shape index (κ3) is 2.67. The second kappa shape index (κ2) is 4.91. The maximum atomic E-state index is 4.12. The Morgan fingerprint density at radius 3 is 2.86 bits per heavy atom. The Labute approximate surface area is 86.1 Å². The minimum Gasteiger partial charge on any atom is -0.314 e. The number of pyridine rings is 1. The van der Waals surface area contributed by atoms with E-state index in [-0.39, 0.29) is 0 Å². The molecule has 1 N–H and O–H groups in total. The monoisotopic (exact) mass is 190 g/mol. The number of likely N-dealkylation sites (N-methyl/N-ethyl adjacent to an activating group) is 1. The van der Waals surface area contributed by atoms with Crippen molar-refractivity contribution in [1.82, 2.24) is 10.3 Å². The van der Waals surface area contributed by atoms with Gasteiger partial charge in [-0.2, -0.15) is 0 Å². The zero-order valence-corrected chi connectivity index (χ0v) is 9.33. The van der Waals surface area contributed by atoms with Gasteiger partial charge in [0.1, 0.15) is 0 Å². The second-order valence-electron chi connectivity index (χ2n) is 3.63. The van der Waals surface area contributed by atoms with Crippen molar-refractivity contribution in [2.45, 2.75) is 26.8 Å². The zero-order valence-electron chi connectivity index (χ0n) is 9.33. The summed E-state index contributed by atoms with van der Waals surface area (Å²) in [5.74, 6) is 0. The van der Waals surface area contributed by atoms with Gasteiger partial charge in [-0.1, -0.05) is 11.6 Å². The zero-order chi connectivity index (χ0) is 10.6. The molecule has 0 saturated heterocycles. The van der Waals surface area contributed by atoms with Crippen molar-refractivity contribution < 1.29 is 0 Å². The number of aryl methyl sites for hydroxylation is 1. The molecule has 0 radical (unpaired) electrons. The first kappa shape index (κ1) is 10.9. The summed E-state index contributed by atoms with van der Waals surface area (Å²) < 4.78 is 0. The molecule has 0 amide bonds. The lowest BCUT2D eigenvalue weighted by Gasteiger charge is -2.11. The van der Waals surface area contributed by atoms with E-state index < -0.39 is 0 Å². The minimum atomic E-state index is 0.412. The Kier molecular flexibility index (Phi) is 3.84. The highest BCUT2D eigenvalue weighted by Crippen LogP contribution is 2.12. The third-order valence-electron chi connectivity index (χ3n) is 2.58. The number of hydrogen-bond donors (Lipinski definition) is 1. The lowest BCUT2D eigenvalue weighted by molar-refractivity contribution is 0.696. The molecule has 1 rings (SSSR count). The molecule has 0 aromatic carbocycles. The van der Waals surface area contributed by atoms with Gasteiger partial charge in [0.05, 0.1) is 0 Å². The first-order chi connectivity index (χ1) is 6.65. The van der Waals surface area contributed by atoms with Gasteiger partial charge in [-0.25, -0.2) is 0 Å². The van der Waals surface area contributed by atoms with Crippen LogP contribution in [0.1, 0.15) is 25.0 Å². The molecule has 2 nitrogen and oxygen atoms in total. The van der Waals surface area contributed by atoms with E-state index in [1.807, 2.05) is 25.5 Å². The number of nitrogens with one attached hydrogen (secondary N) is 1. The van der Waals surface area contributed by atoms with Gasteiger partial charge >= 0.3 is 0 Å². The third-order valence-corrected chi connectivity index (χ3v) is 2.58. The lowest BCUT2D eigenvalue weighted by Crippen LogP contribution is -2.22. The van der Waals surface area contributed by atoms with E-state index in [1.165, 1.54) is 16.7 Å². The number of nitrogens with zero attached hydrogens (tertiary/aromatic N) is 1. The van der Waals surface area contributed by atoms with E-state index in [1.54, 1.807) is 0 Å². The van der Waals surface area contributed by atoms with Crippen LogP contribution in [0.4, 0.5) is 0 Å². The van der Waals surface area contributed by atoms with Crippen LogP contribution >= 0.6 is 0 Å². The lowest BCUT2D eigenvalue weighted by atomic mass is 10.1. The number of aromatic nitrogens is 1. The van der Waals surface area contributed by atoms with Crippen LogP contribution in [0.25, 0.3) is 6.08 Å². The van der Waals surface area contributed by atoms with E-state index in [2.05, 4.69) is 37.1 Å². The SMILES string of the molecule is CNC(C)/C(C)=C/c1cnccc1C. The van der Waals surface area contributed by atoms with Crippen molar-refractivity contribution >= 4 is 6.08 Å². The first-order valence-electron chi connectivity index (χ1n) is 4.91. The van der Waals surface area contributed by atoms with Crippen molar-refractivity contribution in [3.05, 3.63) is 35.2 Å². The van der Waals surface area contributed by atoms with Gasteiger partial charge in [0.2, 0.25) is 0 Å². The molecule has 0 aliphatic rings. The molecule has 1 unspecified atom stereocenters. The Balaban J connectivity index is 2.91. The maximum absolute atomic E-state index is 4.12. The molecule has 14 heavy (non-hydrogen) atoms. The molecule has 76 valence electrons. The van der Waals surface area contributed by atoms with E-state index in [0.717, 1.165) is 0 Å². The van der Waals surface area contributed by atoms with Crippen LogP contribution < -0.4 is 5.32 Å². The van der Waals surface area contributed by atoms with Gasteiger partial charge in [-0.15, -0.1) is 0 Å². The fourth-order valence-electron chi connectivity index (χ4n) is 1.23. The predicted molar refractivity (Wildman–Crippen MR) is 61.1 cm³/mol. The second-order valence-corrected chi connectivity index (χ2v) is 3.63. The highest BCUT2D eigenvalue weighted by atomic mass is 14.9. The van der Waals surface area contributed by atoms with Gasteiger partial charge in [0.25, 0.3) is 0 Å². The molecule has 2 heteroatoms. The molecule has 1 atom stereocenters. The fourth-order valence-corrected chi connectivity index (χ4v) is 1.23. The predicted octanol–water partition coefficient (Wildman–Crippen LogP) is 2.40. The molecule has 0 fully saturated rings. The van der Waals surface area contributed by atoms with Crippen LogP contribution in [-0.2, 0) is 0 Å². The summed E-state index contributed by atoms with van der Waals surface area (Å²) in [6.07, 6.45) is 5.91. The Hall–Kier alpha value is -1.15. The molecular formula is C12H18N2. The first-order valence-corrected chi connectivity index (χ1v) is 4.91. The van der Waals surface area contributed by atoms with Crippen LogP contribution in [0.2, 0.25) is 0 Å². The van der Waals surface area contributed by atoms with Gasteiger partial charge in [-0.3, -0.25) is 4.98 Å². The Morgan fingerprint density at radius 2 is 2.29 bits per heavy atom. The normalized spacial score (nSPS) is 14.1. The molecule has 0 aliphatic carbocycles. The summed E-state index contributed by atoms with van der Waals surface area (Å²) in [5.41, 5.74) is 3.79. The van der Waals surface area contributed by atoms with E-state index in [9.17, 15) is 0 Å². The summed E-state index contributed by atoms with van der Waals surface area (Å²) in [7, 11) is 1.97. The molecule has 0 bridgehead atoms. The highest BCUT2D eigenvalue weighted by Gasteiger charge is 2.01. The summed E-state index contributed by atoms with van der Waals surface area (Å²) in [6, 6.07) is 2.44. The molecule has 0 saturated carbocycles. The Morgan fingerprint density at radius 1 is 1.57 bits per heavy atom. The van der Waals surface area contributed by atoms with Crippen molar-refractivity contribution in [3.8, 4) is 0 Å². The van der Waals surface area contributed by atoms with Gasteiger partial charge < -0.3 is 5.32 Å². The molecule has 0 spiro atoms. The summed E-state index contributed by atoms with van der Waals surface area (Å²) >= 11 is 0. The summed E-state index contributed by atoms with van der Waals surface area (Å²) in [4.78, 5) is 4.12. The number of hydrogen-bond acceptors (Lipinski definition) is 2. The van der Waals surface area contributed by atoms with Crippen molar-refractivity contribution in [3.63, 3.8) is 0 Å². The minimum absolute atomic E-state index is 0.412. The van der Waals surface area contributed by atoms with E-state index >= 15 is 0 Å². The molecule has 1 aromatic heterocycles. The fraction of sp³-hybridized carbons (Fsp3) is 0.417. The Bertz CT molecular complexity index is 329. The van der Waals surface area contributed by atoms with Gasteiger partial charge in [0.15, 0.2) is 0 Å². The molecular weight excluding hydrogens is 172 g/mol. The van der Waals surface area contributed by atoms with E-state index in [4.69, 9.17) is 0 Å². The molecule has 0 aliphatic heterocycles. The van der Waals surface area contributed by atoms with Crippen LogP contribution in [0.15, 0.2) is 24.0 Å². The van der Waals surface area contributed by atoms with Crippen LogP contribution in [0.5, 0.6) is 0 Å². The van der Waals surface area contributed by atoms with Crippen molar-refractivity contribution in [2.24, 2.45) is 0 Å². The topological polar surface area (TPSA) is 24.9 Å². The van der Waals surface area contributed by atoms with Gasteiger partial charge in [-0.05, 0) is 45.0 Å². The van der Waals surface area contributed by atoms with Crippen LogP contribution in [-0.4, -0.2) is 18.1 Å². The van der Waals surface area contributed by atoms with Crippen molar-refractivity contribution in [2.75, 3.05) is 7.05 Å². The summed E-state index contributed by atoms with van der Waals surface area (Å²) in [5, 5.41) is 3.22. The molecule has 1 heterocycles.